The number of esters is 3. The Balaban J connectivity index is 4.44. The highest BCUT2D eigenvalue weighted by molar-refractivity contribution is 5.71. The molecule has 0 aromatic carbocycles. The van der Waals surface area contributed by atoms with Crippen LogP contribution in [0, 0.1) is 0 Å². The van der Waals surface area contributed by atoms with Crippen LogP contribution in [0.4, 0.5) is 0 Å². The van der Waals surface area contributed by atoms with Gasteiger partial charge >= 0.3 is 17.9 Å². The lowest BCUT2D eigenvalue weighted by atomic mass is 10.1. The zero-order chi connectivity index (χ0) is 38.0. The van der Waals surface area contributed by atoms with E-state index in [-0.39, 0.29) is 37.5 Å². The molecular formula is C46H78O6. The molecule has 6 nitrogen and oxygen atoms in total. The minimum Gasteiger partial charge on any atom is -0.462 e. The molecule has 52 heavy (non-hydrogen) atoms. The molecule has 0 fully saturated rings. The van der Waals surface area contributed by atoms with Gasteiger partial charge in [0.2, 0.25) is 0 Å². The van der Waals surface area contributed by atoms with Crippen molar-refractivity contribution < 1.29 is 28.6 Å². The van der Waals surface area contributed by atoms with Crippen LogP contribution in [0.2, 0.25) is 0 Å². The standard InChI is InChI=1S/C46H78O6/c1-4-7-10-13-16-19-21-22-23-25-27-30-33-36-39-45(48)51-42-43(41-50-44(47)38-35-32-29-26-18-15-12-9-6-3)52-46(49)40-37-34-31-28-24-20-17-14-11-8-5-2/h7,10,14,16-17,19-20,24,26,29,43H,4-6,8-9,11-13,15,18,21-23,25,27-28,30-42H2,1-3H3/b10-7-,17-14-,19-16-,24-20-,29-26-. The average Bonchev–Trinajstić information content (AvgIpc) is 3.14. The van der Waals surface area contributed by atoms with Gasteiger partial charge in [-0.15, -0.1) is 0 Å². The van der Waals surface area contributed by atoms with Crippen molar-refractivity contribution in [2.24, 2.45) is 0 Å². The molecule has 0 radical (unpaired) electrons. The normalized spacial score (nSPS) is 12.6. The van der Waals surface area contributed by atoms with Crippen LogP contribution in [-0.4, -0.2) is 37.2 Å². The second-order valence-electron chi connectivity index (χ2n) is 13.9. The first-order chi connectivity index (χ1) is 25.5. The number of rotatable bonds is 37. The highest BCUT2D eigenvalue weighted by Crippen LogP contribution is 2.12. The van der Waals surface area contributed by atoms with Crippen LogP contribution >= 0.6 is 0 Å². The Morgan fingerprint density at radius 1 is 0.423 bits per heavy atom. The second kappa shape index (κ2) is 40.9. The van der Waals surface area contributed by atoms with Crippen molar-refractivity contribution in [3.63, 3.8) is 0 Å². The van der Waals surface area contributed by atoms with Gasteiger partial charge in [0.25, 0.3) is 0 Å². The number of hydrogen-bond acceptors (Lipinski definition) is 6. The van der Waals surface area contributed by atoms with Crippen molar-refractivity contribution in [1.82, 2.24) is 0 Å². The molecule has 0 aliphatic rings. The zero-order valence-corrected chi connectivity index (χ0v) is 33.8. The van der Waals surface area contributed by atoms with Gasteiger partial charge in [-0.25, -0.2) is 0 Å². The van der Waals surface area contributed by atoms with Crippen molar-refractivity contribution in [2.75, 3.05) is 13.2 Å². The predicted molar refractivity (Wildman–Crippen MR) is 219 cm³/mol. The van der Waals surface area contributed by atoms with Gasteiger partial charge in [-0.2, -0.15) is 0 Å². The van der Waals surface area contributed by atoms with Crippen LogP contribution in [0.3, 0.4) is 0 Å². The van der Waals surface area contributed by atoms with Crippen LogP contribution in [0.25, 0.3) is 0 Å². The molecule has 0 aromatic heterocycles. The van der Waals surface area contributed by atoms with E-state index in [1.54, 1.807) is 0 Å². The fourth-order valence-electron chi connectivity index (χ4n) is 5.52. The maximum absolute atomic E-state index is 12.6. The first-order valence-electron chi connectivity index (χ1n) is 21.3. The third kappa shape index (κ3) is 38.3. The van der Waals surface area contributed by atoms with Crippen molar-refractivity contribution in [2.45, 2.75) is 200 Å². The third-order valence-corrected chi connectivity index (χ3v) is 8.75. The molecule has 298 valence electrons. The van der Waals surface area contributed by atoms with Gasteiger partial charge in [-0.05, 0) is 83.5 Å². The Bertz CT molecular complexity index is 975. The summed E-state index contributed by atoms with van der Waals surface area (Å²) in [5, 5.41) is 0. The minimum absolute atomic E-state index is 0.0987. The van der Waals surface area contributed by atoms with E-state index >= 15 is 0 Å². The molecule has 0 aliphatic heterocycles. The van der Waals surface area contributed by atoms with Crippen LogP contribution in [0.5, 0.6) is 0 Å². The Hall–Kier alpha value is -2.89. The topological polar surface area (TPSA) is 78.9 Å². The fourth-order valence-corrected chi connectivity index (χ4v) is 5.52. The third-order valence-electron chi connectivity index (χ3n) is 8.75. The predicted octanol–water partition coefficient (Wildman–Crippen LogP) is 13.4. The average molecular weight is 727 g/mol. The lowest BCUT2D eigenvalue weighted by Crippen LogP contribution is -2.30. The molecule has 0 aromatic rings. The van der Waals surface area contributed by atoms with E-state index in [9.17, 15) is 14.4 Å². The van der Waals surface area contributed by atoms with Gasteiger partial charge in [-0.1, -0.05) is 152 Å². The SMILES string of the molecule is CC/C=C\C/C=C\CCCCCCCCCC(=O)OCC(COC(=O)CCC/C=C\CCCCCC)OC(=O)CCCCC/C=C\C=C/CCCC. The van der Waals surface area contributed by atoms with Gasteiger partial charge in [-0.3, -0.25) is 14.4 Å². The second-order valence-corrected chi connectivity index (χ2v) is 13.9. The van der Waals surface area contributed by atoms with Crippen molar-refractivity contribution in [3.05, 3.63) is 60.8 Å². The van der Waals surface area contributed by atoms with Gasteiger partial charge in [0.15, 0.2) is 6.10 Å². The summed E-state index contributed by atoms with van der Waals surface area (Å²) in [7, 11) is 0. The Morgan fingerprint density at radius 2 is 0.846 bits per heavy atom. The highest BCUT2D eigenvalue weighted by Gasteiger charge is 2.19. The summed E-state index contributed by atoms with van der Waals surface area (Å²) in [6.07, 6.45) is 47.9. The number of hydrogen-bond donors (Lipinski definition) is 0. The summed E-state index contributed by atoms with van der Waals surface area (Å²) in [4.78, 5) is 37.5. The molecule has 0 amide bonds. The molecule has 1 atom stereocenters. The molecule has 0 rings (SSSR count). The van der Waals surface area contributed by atoms with E-state index in [0.29, 0.717) is 19.3 Å². The molecule has 0 saturated heterocycles. The Morgan fingerprint density at radius 3 is 1.44 bits per heavy atom. The summed E-state index contributed by atoms with van der Waals surface area (Å²) >= 11 is 0. The van der Waals surface area contributed by atoms with E-state index in [1.165, 1.54) is 64.2 Å². The van der Waals surface area contributed by atoms with Crippen LogP contribution in [0.15, 0.2) is 60.8 Å². The summed E-state index contributed by atoms with van der Waals surface area (Å²) in [6, 6.07) is 0. The number of carbonyl (C=O) groups excluding carboxylic acids is 3. The summed E-state index contributed by atoms with van der Waals surface area (Å²) in [5.41, 5.74) is 0. The number of allylic oxidation sites excluding steroid dienone is 10. The van der Waals surface area contributed by atoms with E-state index in [0.717, 1.165) is 83.5 Å². The lowest BCUT2D eigenvalue weighted by molar-refractivity contribution is -0.167. The van der Waals surface area contributed by atoms with Crippen LogP contribution in [0.1, 0.15) is 194 Å². The fraction of sp³-hybridized carbons (Fsp3) is 0.717. The van der Waals surface area contributed by atoms with Gasteiger partial charge in [0, 0.05) is 19.3 Å². The summed E-state index contributed by atoms with van der Waals surface area (Å²) in [6.45, 7) is 6.36. The minimum atomic E-state index is -0.798. The first-order valence-corrected chi connectivity index (χ1v) is 21.3. The maximum atomic E-state index is 12.6. The molecule has 6 heteroatoms. The number of unbranched alkanes of at least 4 members (excludes halogenated alkanes) is 17. The Labute approximate surface area is 320 Å². The molecule has 0 saturated carbocycles. The number of carbonyl (C=O) groups is 3. The first kappa shape index (κ1) is 49.1. The number of ether oxygens (including phenoxy) is 3. The molecule has 0 aliphatic carbocycles. The van der Waals surface area contributed by atoms with Gasteiger partial charge in [0.05, 0.1) is 0 Å². The molecule has 0 spiro atoms. The summed E-state index contributed by atoms with van der Waals surface area (Å²) in [5.74, 6) is -0.980. The van der Waals surface area contributed by atoms with Crippen LogP contribution < -0.4 is 0 Å². The van der Waals surface area contributed by atoms with E-state index in [1.807, 2.05) is 0 Å². The molecule has 1 unspecified atom stereocenters. The van der Waals surface area contributed by atoms with Crippen molar-refractivity contribution in [1.29, 1.82) is 0 Å². The largest absolute Gasteiger partial charge is 0.462 e. The molecule has 0 N–H and O–H groups in total. The van der Waals surface area contributed by atoms with Crippen molar-refractivity contribution >= 4 is 17.9 Å². The van der Waals surface area contributed by atoms with Gasteiger partial charge < -0.3 is 14.2 Å². The highest BCUT2D eigenvalue weighted by atomic mass is 16.6. The lowest BCUT2D eigenvalue weighted by Gasteiger charge is -2.18. The van der Waals surface area contributed by atoms with E-state index in [2.05, 4.69) is 81.5 Å². The Kier molecular flexibility index (Phi) is 38.6. The summed E-state index contributed by atoms with van der Waals surface area (Å²) < 4.78 is 16.6. The smallest absolute Gasteiger partial charge is 0.306 e. The van der Waals surface area contributed by atoms with E-state index in [4.69, 9.17) is 14.2 Å². The molecule has 0 bridgehead atoms. The maximum Gasteiger partial charge on any atom is 0.306 e. The van der Waals surface area contributed by atoms with Gasteiger partial charge in [0.1, 0.15) is 13.2 Å². The monoisotopic (exact) mass is 727 g/mol. The molecule has 0 heterocycles. The molecular weight excluding hydrogens is 648 g/mol. The quantitative estimate of drug-likeness (QED) is 0.0208. The van der Waals surface area contributed by atoms with Crippen molar-refractivity contribution in [3.8, 4) is 0 Å². The van der Waals surface area contributed by atoms with E-state index < -0.39 is 6.10 Å². The zero-order valence-electron chi connectivity index (χ0n) is 33.8. The van der Waals surface area contributed by atoms with Crippen LogP contribution in [-0.2, 0) is 28.6 Å².